The maximum absolute atomic E-state index is 13.7. The Morgan fingerprint density at radius 1 is 0.975 bits per heavy atom. The average Bonchev–Trinajstić information content (AvgIpc) is 2.87. The van der Waals surface area contributed by atoms with Crippen LogP contribution >= 0.6 is 36.4 Å². The molecule has 4 rings (SSSR count). The van der Waals surface area contributed by atoms with Crippen molar-refractivity contribution in [2.75, 3.05) is 58.2 Å². The molecule has 0 saturated carbocycles. The molecule has 1 N–H and O–H groups in total. The van der Waals surface area contributed by atoms with Gasteiger partial charge < -0.3 is 15.0 Å². The van der Waals surface area contributed by atoms with Crippen molar-refractivity contribution < 1.29 is 22.7 Å². The summed E-state index contributed by atoms with van der Waals surface area (Å²) < 4.78 is 46.5. The lowest BCUT2D eigenvalue weighted by Gasteiger charge is -2.43. The van der Waals surface area contributed by atoms with Crippen LogP contribution in [0.15, 0.2) is 42.5 Å². The molecule has 3 atom stereocenters. The maximum Gasteiger partial charge on any atom is 0.416 e. The average molecular weight is 626 g/mol. The van der Waals surface area contributed by atoms with Gasteiger partial charge in [-0.25, -0.2) is 0 Å². The van der Waals surface area contributed by atoms with Crippen molar-refractivity contribution in [1.82, 2.24) is 14.7 Å². The minimum Gasteiger partial charge on any atom is -0.388 e. The Balaban J connectivity index is 0.00000280. The van der Waals surface area contributed by atoms with Gasteiger partial charge in [-0.1, -0.05) is 23.7 Å². The standard InChI is InChI=1S/C28H36ClF3N4O2.2ClH/c1-19-16-35(17-20(2)38-19)9-8-34-10-11-36(26(18-34)12-21-4-6-24(29)7-5-21)27(37)22-13-23(28(30,31)32)15-25(14-22)33-3;;/h4-7,13-15,19-20,26,33H,8-12,16-18H2,1-3H3;2*1H/t19-,20+,26-;;/m1../s1. The second-order valence-corrected chi connectivity index (χ2v) is 10.8. The fourth-order valence-electron chi connectivity index (χ4n) is 5.43. The van der Waals surface area contributed by atoms with Crippen molar-refractivity contribution >= 4 is 48.0 Å². The Hall–Kier alpha value is -1.75. The number of hydrogen-bond donors (Lipinski definition) is 1. The molecule has 2 aliphatic heterocycles. The molecular weight excluding hydrogens is 588 g/mol. The quantitative estimate of drug-likeness (QED) is 0.427. The predicted molar refractivity (Wildman–Crippen MR) is 158 cm³/mol. The highest BCUT2D eigenvalue weighted by molar-refractivity contribution is 6.30. The van der Waals surface area contributed by atoms with E-state index in [-0.39, 0.29) is 60.2 Å². The van der Waals surface area contributed by atoms with Gasteiger partial charge in [0.2, 0.25) is 0 Å². The van der Waals surface area contributed by atoms with Crippen LogP contribution in [0.2, 0.25) is 5.02 Å². The Labute approximate surface area is 252 Å². The highest BCUT2D eigenvalue weighted by atomic mass is 35.5. The number of nitrogens with zero attached hydrogens (tertiary/aromatic N) is 3. The lowest BCUT2D eigenvalue weighted by atomic mass is 10.00. The second-order valence-electron chi connectivity index (χ2n) is 10.3. The number of nitrogens with one attached hydrogen (secondary N) is 1. The van der Waals surface area contributed by atoms with Crippen molar-refractivity contribution in [2.45, 2.75) is 44.7 Å². The first kappa shape index (κ1) is 34.5. The molecule has 12 heteroatoms. The third-order valence-corrected chi connectivity index (χ3v) is 7.49. The molecule has 0 radical (unpaired) electrons. The summed E-state index contributed by atoms with van der Waals surface area (Å²) in [5, 5.41) is 3.38. The topological polar surface area (TPSA) is 48.1 Å². The normalized spacial score (nSPS) is 22.3. The Morgan fingerprint density at radius 2 is 1.60 bits per heavy atom. The monoisotopic (exact) mass is 624 g/mol. The van der Waals surface area contributed by atoms with E-state index in [1.807, 2.05) is 24.3 Å². The Kier molecular flexibility index (Phi) is 12.9. The molecule has 0 unspecified atom stereocenters. The summed E-state index contributed by atoms with van der Waals surface area (Å²) in [7, 11) is 1.54. The number of benzene rings is 2. The highest BCUT2D eigenvalue weighted by Crippen LogP contribution is 2.32. The number of halogens is 6. The lowest BCUT2D eigenvalue weighted by Crippen LogP contribution is -2.57. The first-order valence-corrected chi connectivity index (χ1v) is 13.4. The number of rotatable bonds is 7. The van der Waals surface area contributed by atoms with E-state index in [1.54, 1.807) is 11.9 Å². The summed E-state index contributed by atoms with van der Waals surface area (Å²) in [5.41, 5.74) is 0.476. The van der Waals surface area contributed by atoms with E-state index in [2.05, 4.69) is 29.0 Å². The van der Waals surface area contributed by atoms with E-state index in [0.717, 1.165) is 43.9 Å². The van der Waals surface area contributed by atoms with E-state index in [9.17, 15) is 18.0 Å². The number of alkyl halides is 3. The first-order chi connectivity index (χ1) is 18.0. The van der Waals surface area contributed by atoms with Crippen LogP contribution in [0.4, 0.5) is 18.9 Å². The van der Waals surface area contributed by atoms with E-state index in [1.165, 1.54) is 6.07 Å². The highest BCUT2D eigenvalue weighted by Gasteiger charge is 2.35. The molecule has 40 heavy (non-hydrogen) atoms. The maximum atomic E-state index is 13.7. The van der Waals surface area contributed by atoms with Crippen molar-refractivity contribution in [3.05, 3.63) is 64.2 Å². The number of morpholine rings is 1. The molecular formula is C28H38Cl3F3N4O2. The van der Waals surface area contributed by atoms with Crippen molar-refractivity contribution in [3.63, 3.8) is 0 Å². The number of carbonyl (C=O) groups is 1. The molecule has 2 heterocycles. The molecule has 6 nitrogen and oxygen atoms in total. The summed E-state index contributed by atoms with van der Waals surface area (Å²) >= 11 is 6.07. The number of piperazine rings is 1. The van der Waals surface area contributed by atoms with E-state index >= 15 is 0 Å². The van der Waals surface area contributed by atoms with Crippen LogP contribution in [0.1, 0.15) is 35.3 Å². The summed E-state index contributed by atoms with van der Waals surface area (Å²) in [6.07, 6.45) is -3.57. The molecule has 0 spiro atoms. The smallest absolute Gasteiger partial charge is 0.388 e. The summed E-state index contributed by atoms with van der Waals surface area (Å²) in [6.45, 7) is 9.45. The van der Waals surface area contributed by atoms with Gasteiger partial charge in [0.25, 0.3) is 5.91 Å². The molecule has 224 valence electrons. The minimum absolute atomic E-state index is 0. The Morgan fingerprint density at radius 3 is 2.20 bits per heavy atom. The van der Waals surface area contributed by atoms with Crippen molar-refractivity contribution in [3.8, 4) is 0 Å². The molecule has 0 aliphatic carbocycles. The second kappa shape index (κ2) is 14.9. The van der Waals surface area contributed by atoms with Gasteiger partial charge in [0, 0.05) is 75.2 Å². The molecule has 2 fully saturated rings. The minimum atomic E-state index is -4.54. The summed E-state index contributed by atoms with van der Waals surface area (Å²) in [4.78, 5) is 20.1. The molecule has 1 amide bonds. The fourth-order valence-corrected chi connectivity index (χ4v) is 5.56. The number of amides is 1. The summed E-state index contributed by atoms with van der Waals surface area (Å²) in [5.74, 6) is -0.387. The number of ether oxygens (including phenoxy) is 1. The van der Waals surface area contributed by atoms with E-state index < -0.39 is 11.7 Å². The lowest BCUT2D eigenvalue weighted by molar-refractivity contribution is -0.137. The van der Waals surface area contributed by atoms with Crippen LogP contribution in [0.25, 0.3) is 0 Å². The largest absolute Gasteiger partial charge is 0.416 e. The van der Waals surface area contributed by atoms with Crippen LogP contribution in [-0.2, 0) is 17.3 Å². The van der Waals surface area contributed by atoms with Crippen LogP contribution < -0.4 is 5.32 Å². The van der Waals surface area contributed by atoms with E-state index in [4.69, 9.17) is 16.3 Å². The molecule has 0 bridgehead atoms. The number of anilines is 1. The Bertz CT molecular complexity index is 1100. The third kappa shape index (κ3) is 9.13. The van der Waals surface area contributed by atoms with Gasteiger partial charge in [0.15, 0.2) is 0 Å². The predicted octanol–water partition coefficient (Wildman–Crippen LogP) is 5.72. The van der Waals surface area contributed by atoms with Crippen molar-refractivity contribution in [1.29, 1.82) is 0 Å². The van der Waals surface area contributed by atoms with Gasteiger partial charge in [-0.3, -0.25) is 14.6 Å². The van der Waals surface area contributed by atoms with E-state index in [0.29, 0.717) is 31.1 Å². The molecule has 2 aromatic carbocycles. The third-order valence-electron chi connectivity index (χ3n) is 7.24. The van der Waals surface area contributed by atoms with Gasteiger partial charge in [0.05, 0.1) is 17.8 Å². The van der Waals surface area contributed by atoms with Gasteiger partial charge in [-0.2, -0.15) is 13.2 Å². The van der Waals surface area contributed by atoms with Crippen LogP contribution in [0.3, 0.4) is 0 Å². The zero-order valence-corrected chi connectivity index (χ0v) is 25.3. The van der Waals surface area contributed by atoms with Crippen LogP contribution in [0.5, 0.6) is 0 Å². The number of carbonyl (C=O) groups excluding carboxylic acids is 1. The fraction of sp³-hybridized carbons (Fsp3) is 0.536. The zero-order chi connectivity index (χ0) is 27.4. The van der Waals surface area contributed by atoms with Crippen molar-refractivity contribution in [2.24, 2.45) is 0 Å². The SMILES string of the molecule is CNc1cc(C(=O)N2CCN(CCN3C[C@@H](C)O[C@@H](C)C3)C[C@H]2Cc2ccc(Cl)cc2)cc(C(F)(F)F)c1.Cl.Cl. The van der Waals surface area contributed by atoms with Crippen LogP contribution in [0, 0.1) is 0 Å². The van der Waals surface area contributed by atoms with Gasteiger partial charge in [-0.15, -0.1) is 24.8 Å². The molecule has 2 aliphatic rings. The number of hydrogen-bond acceptors (Lipinski definition) is 5. The van der Waals surface area contributed by atoms with Gasteiger partial charge in [-0.05, 0) is 56.2 Å². The molecule has 0 aromatic heterocycles. The van der Waals surface area contributed by atoms with Gasteiger partial charge in [0.1, 0.15) is 0 Å². The first-order valence-electron chi connectivity index (χ1n) is 13.1. The zero-order valence-electron chi connectivity index (χ0n) is 22.9. The van der Waals surface area contributed by atoms with Crippen LogP contribution in [-0.4, -0.2) is 91.7 Å². The molecule has 2 aromatic rings. The molecule has 2 saturated heterocycles. The summed E-state index contributed by atoms with van der Waals surface area (Å²) in [6, 6.07) is 10.8. The van der Waals surface area contributed by atoms with Gasteiger partial charge >= 0.3 is 6.18 Å².